The molecule has 1 unspecified atom stereocenters. The highest BCUT2D eigenvalue weighted by Gasteiger charge is 2.23. The van der Waals surface area contributed by atoms with Gasteiger partial charge in [-0.3, -0.25) is 4.57 Å². The molecular formula is C35H22N4OS. The summed E-state index contributed by atoms with van der Waals surface area (Å²) >= 11 is 1.85. The number of benzene rings is 5. The van der Waals surface area contributed by atoms with Gasteiger partial charge in [-0.2, -0.15) is 0 Å². The van der Waals surface area contributed by atoms with E-state index in [0.717, 1.165) is 55.0 Å². The standard InChI is InChI=1S/C35H22N4OS/c1-4-10-28-25(8-1)32-29(18-17-24-23-7-2-5-11-30(23)40-33(24)32)39(28)35-36-20-19-26(38-35)21-13-15-22(16-14-21)34-37-27-9-3-6-12-31(27)41-34/h1-20,34,37H. The van der Waals surface area contributed by atoms with Crippen LogP contribution in [0.3, 0.4) is 0 Å². The summed E-state index contributed by atoms with van der Waals surface area (Å²) in [6.07, 6.45) is 1.84. The van der Waals surface area contributed by atoms with Crippen LogP contribution in [0.4, 0.5) is 5.69 Å². The van der Waals surface area contributed by atoms with E-state index in [1.807, 2.05) is 36.2 Å². The van der Waals surface area contributed by atoms with Crippen molar-refractivity contribution in [3.8, 4) is 17.2 Å². The number of nitrogens with one attached hydrogen (secondary N) is 1. The van der Waals surface area contributed by atoms with Crippen molar-refractivity contribution in [2.75, 3.05) is 5.32 Å². The second kappa shape index (κ2) is 8.71. The van der Waals surface area contributed by atoms with Crippen LogP contribution in [0, 0.1) is 0 Å². The number of aromatic nitrogens is 3. The van der Waals surface area contributed by atoms with E-state index >= 15 is 0 Å². The Morgan fingerprint density at radius 2 is 1.51 bits per heavy atom. The average molecular weight is 547 g/mol. The predicted molar refractivity (Wildman–Crippen MR) is 168 cm³/mol. The van der Waals surface area contributed by atoms with E-state index in [2.05, 4.69) is 107 Å². The maximum absolute atomic E-state index is 6.43. The van der Waals surface area contributed by atoms with E-state index in [-0.39, 0.29) is 5.37 Å². The predicted octanol–water partition coefficient (Wildman–Crippen LogP) is 9.36. The summed E-state index contributed by atoms with van der Waals surface area (Å²) in [4.78, 5) is 11.1. The Morgan fingerprint density at radius 1 is 0.707 bits per heavy atom. The van der Waals surface area contributed by atoms with Gasteiger partial charge in [-0.05, 0) is 48.0 Å². The highest BCUT2D eigenvalue weighted by molar-refractivity contribution is 8.00. The number of para-hydroxylation sites is 3. The van der Waals surface area contributed by atoms with Gasteiger partial charge >= 0.3 is 0 Å². The molecule has 1 aliphatic rings. The minimum absolute atomic E-state index is 0.204. The molecule has 1 atom stereocenters. The van der Waals surface area contributed by atoms with Crippen molar-refractivity contribution in [2.45, 2.75) is 10.3 Å². The van der Waals surface area contributed by atoms with Gasteiger partial charge in [-0.25, -0.2) is 9.97 Å². The zero-order chi connectivity index (χ0) is 26.9. The SMILES string of the molecule is c1ccc2c(c1)NC(c1ccc(-c3ccnc(-n4c5ccccc5c5c6oc7ccccc7c6ccc54)n3)cc1)S2. The molecular weight excluding hydrogens is 524 g/mol. The highest BCUT2D eigenvalue weighted by Crippen LogP contribution is 2.46. The summed E-state index contributed by atoms with van der Waals surface area (Å²) in [5.74, 6) is 0.636. The molecule has 194 valence electrons. The Hall–Kier alpha value is -5.07. The quantitative estimate of drug-likeness (QED) is 0.239. The Labute approximate surface area is 239 Å². The lowest BCUT2D eigenvalue weighted by atomic mass is 10.1. The molecule has 1 N–H and O–H groups in total. The monoisotopic (exact) mass is 546 g/mol. The molecule has 0 radical (unpaired) electrons. The molecule has 8 aromatic rings. The summed E-state index contributed by atoms with van der Waals surface area (Å²) in [6.45, 7) is 0. The maximum Gasteiger partial charge on any atom is 0.235 e. The first kappa shape index (κ1) is 22.7. The fourth-order valence-electron chi connectivity index (χ4n) is 6.03. The summed E-state index contributed by atoms with van der Waals surface area (Å²) in [6, 6.07) is 40.0. The molecule has 0 fully saturated rings. The lowest BCUT2D eigenvalue weighted by Gasteiger charge is -2.12. The van der Waals surface area contributed by atoms with E-state index < -0.39 is 0 Å². The van der Waals surface area contributed by atoms with Gasteiger partial charge in [0.15, 0.2) is 0 Å². The number of anilines is 1. The first-order valence-corrected chi connectivity index (χ1v) is 14.5. The average Bonchev–Trinajstić information content (AvgIpc) is 3.73. The molecule has 0 bridgehead atoms. The molecule has 9 rings (SSSR count). The minimum Gasteiger partial charge on any atom is -0.455 e. The van der Waals surface area contributed by atoms with Crippen molar-refractivity contribution in [1.82, 2.24) is 14.5 Å². The number of thioether (sulfide) groups is 1. The number of furan rings is 1. The van der Waals surface area contributed by atoms with Gasteiger partial charge < -0.3 is 9.73 Å². The third-order valence-corrected chi connectivity index (χ3v) is 9.19. The van der Waals surface area contributed by atoms with E-state index in [0.29, 0.717) is 5.95 Å². The first-order valence-electron chi connectivity index (χ1n) is 13.6. The molecule has 0 aliphatic carbocycles. The first-order chi connectivity index (χ1) is 20.3. The Kier molecular flexibility index (Phi) is 4.83. The van der Waals surface area contributed by atoms with E-state index in [4.69, 9.17) is 14.4 Å². The molecule has 6 heteroatoms. The second-order valence-corrected chi connectivity index (χ2v) is 11.4. The normalized spacial score (nSPS) is 14.7. The van der Waals surface area contributed by atoms with E-state index in [1.54, 1.807) is 0 Å². The third kappa shape index (κ3) is 3.44. The van der Waals surface area contributed by atoms with Crippen molar-refractivity contribution in [1.29, 1.82) is 0 Å². The molecule has 5 aromatic carbocycles. The lowest BCUT2D eigenvalue weighted by Crippen LogP contribution is -2.02. The van der Waals surface area contributed by atoms with Crippen LogP contribution in [0.5, 0.6) is 0 Å². The Balaban J connectivity index is 1.15. The number of hydrogen-bond donors (Lipinski definition) is 1. The summed E-state index contributed by atoms with van der Waals surface area (Å²) < 4.78 is 8.57. The van der Waals surface area contributed by atoms with Crippen LogP contribution >= 0.6 is 11.8 Å². The molecule has 0 saturated carbocycles. The van der Waals surface area contributed by atoms with Gasteiger partial charge in [-0.1, -0.05) is 84.6 Å². The van der Waals surface area contributed by atoms with Gasteiger partial charge in [-0.15, -0.1) is 0 Å². The van der Waals surface area contributed by atoms with E-state index in [1.165, 1.54) is 16.1 Å². The Bertz CT molecular complexity index is 2260. The molecule has 1 aliphatic heterocycles. The fourth-order valence-corrected chi connectivity index (χ4v) is 7.18. The minimum atomic E-state index is 0.204. The van der Waals surface area contributed by atoms with Crippen LogP contribution in [0.15, 0.2) is 131 Å². The highest BCUT2D eigenvalue weighted by atomic mass is 32.2. The smallest absolute Gasteiger partial charge is 0.235 e. The second-order valence-electron chi connectivity index (χ2n) is 10.3. The van der Waals surface area contributed by atoms with Crippen LogP contribution in [-0.2, 0) is 0 Å². The van der Waals surface area contributed by atoms with Gasteiger partial charge in [0.05, 0.1) is 22.1 Å². The van der Waals surface area contributed by atoms with Crippen molar-refractivity contribution < 1.29 is 4.42 Å². The zero-order valence-electron chi connectivity index (χ0n) is 21.8. The van der Waals surface area contributed by atoms with Gasteiger partial charge in [0.25, 0.3) is 0 Å². The van der Waals surface area contributed by atoms with Crippen molar-refractivity contribution in [3.63, 3.8) is 0 Å². The zero-order valence-corrected chi connectivity index (χ0v) is 22.6. The van der Waals surface area contributed by atoms with Crippen LogP contribution in [-0.4, -0.2) is 14.5 Å². The largest absolute Gasteiger partial charge is 0.455 e. The molecule has 5 nitrogen and oxygen atoms in total. The summed E-state index contributed by atoms with van der Waals surface area (Å²) in [5, 5.41) is 8.26. The number of nitrogens with zero attached hydrogens (tertiary/aromatic N) is 3. The Morgan fingerprint density at radius 3 is 2.41 bits per heavy atom. The molecule has 4 heterocycles. The fraction of sp³-hybridized carbons (Fsp3) is 0.0286. The van der Waals surface area contributed by atoms with Crippen LogP contribution < -0.4 is 5.32 Å². The summed E-state index contributed by atoms with van der Waals surface area (Å²) in [5.41, 5.74) is 8.22. The van der Waals surface area contributed by atoms with E-state index in [9.17, 15) is 0 Å². The summed E-state index contributed by atoms with van der Waals surface area (Å²) in [7, 11) is 0. The van der Waals surface area contributed by atoms with Crippen molar-refractivity contribution in [3.05, 3.63) is 127 Å². The molecule has 0 saturated heterocycles. The van der Waals surface area contributed by atoms with Gasteiger partial charge in [0.2, 0.25) is 5.95 Å². The van der Waals surface area contributed by atoms with Gasteiger partial charge in [0, 0.05) is 38.5 Å². The number of hydrogen-bond acceptors (Lipinski definition) is 5. The molecule has 3 aromatic heterocycles. The molecule has 41 heavy (non-hydrogen) atoms. The topological polar surface area (TPSA) is 55.9 Å². The molecule has 0 spiro atoms. The number of rotatable bonds is 3. The van der Waals surface area contributed by atoms with Gasteiger partial charge in [0.1, 0.15) is 16.5 Å². The number of fused-ring (bicyclic) bond motifs is 8. The van der Waals surface area contributed by atoms with Crippen LogP contribution in [0.2, 0.25) is 0 Å². The molecule has 0 amide bonds. The van der Waals surface area contributed by atoms with Crippen LogP contribution in [0.25, 0.3) is 61.0 Å². The maximum atomic E-state index is 6.43. The van der Waals surface area contributed by atoms with Crippen molar-refractivity contribution >= 4 is 61.2 Å². The third-order valence-electron chi connectivity index (χ3n) is 7.95. The lowest BCUT2D eigenvalue weighted by molar-refractivity contribution is 0.673. The van der Waals surface area contributed by atoms with Crippen molar-refractivity contribution in [2.24, 2.45) is 0 Å². The van der Waals surface area contributed by atoms with Crippen LogP contribution in [0.1, 0.15) is 10.9 Å².